The lowest BCUT2D eigenvalue weighted by Crippen LogP contribution is -2.29. The SMILES string of the molecule is C=C1C=C(C(=N)CC(=O)Cc2ccc(-c3cnc4cc5c(cc4n3)OCO5)cc2F)C=C(C2(C(F)(F)F)CC2)O1. The van der Waals surface area contributed by atoms with Crippen molar-refractivity contribution in [3.63, 3.8) is 0 Å². The highest BCUT2D eigenvalue weighted by molar-refractivity contribution is 6.11. The van der Waals surface area contributed by atoms with Gasteiger partial charge in [0.15, 0.2) is 11.5 Å². The second kappa shape index (κ2) is 9.29. The van der Waals surface area contributed by atoms with E-state index in [0.717, 1.165) is 6.08 Å². The number of carbonyl (C=O) groups excluding carboxylic acids is 1. The normalized spacial score (nSPS) is 17.2. The molecule has 0 saturated heterocycles. The highest BCUT2D eigenvalue weighted by Crippen LogP contribution is 2.63. The van der Waals surface area contributed by atoms with Crippen LogP contribution in [0.15, 0.2) is 72.4 Å². The first-order valence-corrected chi connectivity index (χ1v) is 12.3. The molecule has 2 aliphatic heterocycles. The number of nitrogens with zero attached hydrogens (tertiary/aromatic N) is 2. The molecule has 6 rings (SSSR count). The van der Waals surface area contributed by atoms with Crippen LogP contribution in [0.25, 0.3) is 22.3 Å². The fraction of sp³-hybridized carbons (Fsp3) is 0.241. The third kappa shape index (κ3) is 4.61. The largest absolute Gasteiger partial charge is 0.461 e. The highest BCUT2D eigenvalue weighted by Gasteiger charge is 2.67. The van der Waals surface area contributed by atoms with E-state index < -0.39 is 29.6 Å². The average molecular weight is 551 g/mol. The number of ketones is 1. The zero-order chi connectivity index (χ0) is 28.2. The molecule has 40 heavy (non-hydrogen) atoms. The molecule has 0 spiro atoms. The molecule has 1 fully saturated rings. The van der Waals surface area contributed by atoms with Gasteiger partial charge in [-0.1, -0.05) is 18.7 Å². The van der Waals surface area contributed by atoms with Crippen molar-refractivity contribution < 1.29 is 36.6 Å². The van der Waals surface area contributed by atoms with Crippen LogP contribution >= 0.6 is 0 Å². The van der Waals surface area contributed by atoms with Crippen LogP contribution < -0.4 is 9.47 Å². The monoisotopic (exact) mass is 551 g/mol. The van der Waals surface area contributed by atoms with Gasteiger partial charge in [0.2, 0.25) is 6.79 Å². The summed E-state index contributed by atoms with van der Waals surface area (Å²) in [5.74, 6) is -0.336. The molecule has 1 aliphatic carbocycles. The Labute approximate surface area is 225 Å². The summed E-state index contributed by atoms with van der Waals surface area (Å²) in [4.78, 5) is 21.6. The molecule has 2 aromatic carbocycles. The van der Waals surface area contributed by atoms with E-state index in [1.165, 1.54) is 24.4 Å². The van der Waals surface area contributed by atoms with E-state index in [1.54, 1.807) is 18.2 Å². The Kier molecular flexibility index (Phi) is 5.97. The summed E-state index contributed by atoms with van der Waals surface area (Å²) in [6.45, 7) is 3.70. The topological polar surface area (TPSA) is 94.4 Å². The Morgan fingerprint density at radius 3 is 2.48 bits per heavy atom. The first kappa shape index (κ1) is 25.7. The van der Waals surface area contributed by atoms with Crippen molar-refractivity contribution in [3.8, 4) is 22.8 Å². The molecule has 1 N–H and O–H groups in total. The van der Waals surface area contributed by atoms with Gasteiger partial charge in [-0.15, -0.1) is 0 Å². The maximum Gasteiger partial charge on any atom is 0.401 e. The van der Waals surface area contributed by atoms with Gasteiger partial charge in [0.05, 0.1) is 22.9 Å². The predicted molar refractivity (Wildman–Crippen MR) is 136 cm³/mol. The second-order valence-corrected chi connectivity index (χ2v) is 9.88. The molecule has 1 saturated carbocycles. The summed E-state index contributed by atoms with van der Waals surface area (Å²) in [6, 6.07) is 7.74. The molecule has 3 heterocycles. The molecule has 0 bridgehead atoms. The number of nitrogens with one attached hydrogen (secondary N) is 1. The molecular weight excluding hydrogens is 530 g/mol. The lowest BCUT2D eigenvalue weighted by atomic mass is 9.94. The fourth-order valence-corrected chi connectivity index (χ4v) is 4.73. The Bertz CT molecular complexity index is 1670. The van der Waals surface area contributed by atoms with Gasteiger partial charge >= 0.3 is 6.18 Å². The number of benzene rings is 2. The van der Waals surface area contributed by atoms with Gasteiger partial charge in [0, 0.05) is 41.8 Å². The van der Waals surface area contributed by atoms with Crippen LogP contribution in [0.4, 0.5) is 17.6 Å². The van der Waals surface area contributed by atoms with Crippen LogP contribution in [-0.4, -0.2) is 34.4 Å². The first-order chi connectivity index (χ1) is 19.0. The summed E-state index contributed by atoms with van der Waals surface area (Å²) in [7, 11) is 0. The maximum absolute atomic E-state index is 15.0. The highest BCUT2D eigenvalue weighted by atomic mass is 19.4. The molecule has 1 aromatic heterocycles. The Morgan fingerprint density at radius 2 is 1.80 bits per heavy atom. The summed E-state index contributed by atoms with van der Waals surface area (Å²) >= 11 is 0. The van der Waals surface area contributed by atoms with Gasteiger partial charge in [-0.05, 0) is 36.6 Å². The van der Waals surface area contributed by atoms with Crippen molar-refractivity contribution in [2.45, 2.75) is 31.9 Å². The minimum Gasteiger partial charge on any atom is -0.461 e. The van der Waals surface area contributed by atoms with Crippen LogP contribution in [0.3, 0.4) is 0 Å². The van der Waals surface area contributed by atoms with Crippen molar-refractivity contribution in [2.24, 2.45) is 5.41 Å². The van der Waals surface area contributed by atoms with E-state index in [1.807, 2.05) is 0 Å². The van der Waals surface area contributed by atoms with E-state index >= 15 is 0 Å². The number of Topliss-reactive ketones (excluding diaryl/α,β-unsaturated/α-hetero) is 1. The Hall–Kier alpha value is -4.54. The van der Waals surface area contributed by atoms with Gasteiger partial charge < -0.3 is 19.6 Å². The molecule has 7 nitrogen and oxygen atoms in total. The maximum atomic E-state index is 15.0. The molecule has 0 atom stereocenters. The molecule has 3 aromatic rings. The van der Waals surface area contributed by atoms with Crippen molar-refractivity contribution in [1.29, 1.82) is 5.41 Å². The minimum absolute atomic E-state index is 0.0381. The zero-order valence-electron chi connectivity index (χ0n) is 20.9. The van der Waals surface area contributed by atoms with Crippen molar-refractivity contribution in [2.75, 3.05) is 6.79 Å². The van der Waals surface area contributed by atoms with E-state index in [4.69, 9.17) is 19.6 Å². The van der Waals surface area contributed by atoms with Gasteiger partial charge in [-0.25, -0.2) is 9.37 Å². The summed E-state index contributed by atoms with van der Waals surface area (Å²) < 4.78 is 71.6. The zero-order valence-corrected chi connectivity index (χ0v) is 20.9. The number of ether oxygens (including phenoxy) is 3. The predicted octanol–water partition coefficient (Wildman–Crippen LogP) is 6.38. The van der Waals surface area contributed by atoms with Gasteiger partial charge in [-0.3, -0.25) is 9.78 Å². The fourth-order valence-electron chi connectivity index (χ4n) is 4.73. The number of hydrogen-bond donors (Lipinski definition) is 1. The third-order valence-corrected chi connectivity index (χ3v) is 7.10. The van der Waals surface area contributed by atoms with Crippen LogP contribution in [0.2, 0.25) is 0 Å². The number of carbonyl (C=O) groups is 1. The van der Waals surface area contributed by atoms with Crippen LogP contribution in [0, 0.1) is 16.6 Å². The van der Waals surface area contributed by atoms with Gasteiger partial charge in [-0.2, -0.15) is 13.2 Å². The second-order valence-electron chi connectivity index (χ2n) is 9.88. The summed E-state index contributed by atoms with van der Waals surface area (Å²) in [5.41, 5.74) is -0.0318. The van der Waals surface area contributed by atoms with E-state index in [9.17, 15) is 22.4 Å². The quantitative estimate of drug-likeness (QED) is 0.270. The molecule has 0 unspecified atom stereocenters. The first-order valence-electron chi connectivity index (χ1n) is 12.3. The molecule has 204 valence electrons. The number of fused-ring (bicyclic) bond motifs is 2. The number of aromatic nitrogens is 2. The van der Waals surface area contributed by atoms with Crippen molar-refractivity contribution in [1.82, 2.24) is 9.97 Å². The van der Waals surface area contributed by atoms with Crippen LogP contribution in [-0.2, 0) is 16.0 Å². The van der Waals surface area contributed by atoms with Crippen molar-refractivity contribution >= 4 is 22.5 Å². The number of hydrogen-bond acceptors (Lipinski definition) is 7. The van der Waals surface area contributed by atoms with Gasteiger partial charge in [0.1, 0.15) is 28.5 Å². The lowest BCUT2D eigenvalue weighted by Gasteiger charge is -2.26. The van der Waals surface area contributed by atoms with Gasteiger partial charge in [0.25, 0.3) is 0 Å². The molecule has 11 heteroatoms. The van der Waals surface area contributed by atoms with Crippen LogP contribution in [0.5, 0.6) is 11.5 Å². The Balaban J connectivity index is 1.15. The Morgan fingerprint density at radius 1 is 1.07 bits per heavy atom. The van der Waals surface area contributed by atoms with E-state index in [2.05, 4.69) is 16.5 Å². The number of halogens is 4. The number of alkyl halides is 3. The average Bonchev–Trinajstić information content (AvgIpc) is 3.61. The third-order valence-electron chi connectivity index (χ3n) is 7.10. The number of allylic oxidation sites excluding steroid dienone is 4. The van der Waals surface area contributed by atoms with Crippen molar-refractivity contribution in [3.05, 3.63) is 83.7 Å². The standard InChI is InChI=1S/C29H21F4N3O4/c1-15-6-18(9-27(40-15)28(4-5-28)29(31,32)33)21(34)10-19(37)7-16-2-3-17(8-20(16)30)24-13-35-22-11-25-26(39-14-38-25)12-23(22)36-24/h2-3,6,8-9,11-13,34H,1,4-5,7,10,14H2. The van der Waals surface area contributed by atoms with Crippen LogP contribution in [0.1, 0.15) is 24.8 Å². The summed E-state index contributed by atoms with van der Waals surface area (Å²) in [6.07, 6.45) is -1.43. The molecule has 0 amide bonds. The molecule has 3 aliphatic rings. The lowest BCUT2D eigenvalue weighted by molar-refractivity contribution is -0.183. The summed E-state index contributed by atoms with van der Waals surface area (Å²) in [5, 5.41) is 8.32. The van der Waals surface area contributed by atoms with E-state index in [0.29, 0.717) is 33.8 Å². The van der Waals surface area contributed by atoms with E-state index in [-0.39, 0.29) is 54.4 Å². The smallest absolute Gasteiger partial charge is 0.401 e. The minimum atomic E-state index is -4.49. The number of rotatable bonds is 7. The molecular formula is C29H21F4N3O4. The molecule has 0 radical (unpaired) electrons.